The Bertz CT molecular complexity index is 2390. The summed E-state index contributed by atoms with van der Waals surface area (Å²) >= 11 is 0. The Hall–Kier alpha value is -5.48. The van der Waals surface area contributed by atoms with Crippen LogP contribution in [0.5, 0.6) is 0 Å². The predicted molar refractivity (Wildman–Crippen MR) is 407 cm³/mol. The summed E-state index contributed by atoms with van der Waals surface area (Å²) in [5, 5.41) is 13.8. The Balaban J connectivity index is 1.83. The average Bonchev–Trinajstić information content (AvgIpc) is 0.845. The summed E-state index contributed by atoms with van der Waals surface area (Å²) in [5.74, 6) is -1.75. The van der Waals surface area contributed by atoms with Crippen LogP contribution in [0.1, 0.15) is 44.2 Å². The van der Waals surface area contributed by atoms with E-state index in [4.69, 9.17) is 130 Å². The van der Waals surface area contributed by atoms with Crippen LogP contribution in [0.25, 0.3) is 10.4 Å². The molecule has 6 N–H and O–H groups in total. The van der Waals surface area contributed by atoms with Gasteiger partial charge < -0.3 is 150 Å². The number of primary amides is 1. The zero-order valence-electron chi connectivity index (χ0n) is 67.3. The molecule has 1 aromatic carbocycles. The highest BCUT2D eigenvalue weighted by molar-refractivity contribution is 5.98. The van der Waals surface area contributed by atoms with Gasteiger partial charge in [0.25, 0.3) is 0 Å². The molecule has 0 bridgehead atoms. The first-order chi connectivity index (χ1) is 54.9. The van der Waals surface area contributed by atoms with E-state index in [1.807, 2.05) is 6.92 Å². The Labute approximate surface area is 661 Å². The van der Waals surface area contributed by atoms with E-state index < -0.39 is 41.9 Å². The van der Waals surface area contributed by atoms with E-state index in [-0.39, 0.29) is 58.0 Å². The number of hydrogen-bond donors (Lipinski definition) is 5. The van der Waals surface area contributed by atoms with Crippen LogP contribution in [0.2, 0.25) is 0 Å². The van der Waals surface area contributed by atoms with Gasteiger partial charge in [-0.05, 0) is 54.5 Å². The SMILES string of the molecule is COCCOCCOCCOCCOCCOCCOCCOCCOCCOCCOCCOCCOCCOCCOCCOCCOCCOCCOCCOCCOCCOCCOCCOCCC(=O)N(C)Cc1cc(NC(=O)[C@H](CCCNC(N)=O)NC(=O)[C@@H](NC(=O)OCCN=[N+]=[N-])C(C)C)ccc1C. The molecule has 112 heavy (non-hydrogen) atoms. The highest BCUT2D eigenvalue weighted by atomic mass is 16.6. The second-order valence-corrected chi connectivity index (χ2v) is 24.2. The third kappa shape index (κ3) is 71.1. The van der Waals surface area contributed by atoms with Crippen molar-refractivity contribution in [3.05, 3.63) is 39.8 Å². The van der Waals surface area contributed by atoms with Gasteiger partial charge in [0.15, 0.2) is 0 Å². The lowest BCUT2D eigenvalue weighted by Crippen LogP contribution is -2.54. The molecule has 0 fully saturated rings. The Kier molecular flexibility index (Phi) is 76.6. The van der Waals surface area contributed by atoms with Crippen LogP contribution in [0.3, 0.4) is 0 Å². The number of urea groups is 1. The van der Waals surface area contributed by atoms with Gasteiger partial charge in [-0.15, -0.1) is 0 Å². The predicted octanol–water partition coefficient (Wildman–Crippen LogP) is 2.30. The zero-order chi connectivity index (χ0) is 81.2. The van der Waals surface area contributed by atoms with Gasteiger partial charge in [0.2, 0.25) is 17.7 Å². The standard InChI is InChI=1S/C73H135N9O30/c1-63(2)69(80-73(87)112-14-12-77-81-75)71(85)79-67(7-6-11-76-72(74)86)70(84)78-66-9-8-64(3)65(61-66)62-82(4)68(83)10-13-89-17-18-91-21-22-93-25-26-95-29-30-97-33-34-99-37-38-101-41-42-103-45-46-105-49-50-107-53-54-109-57-58-111-60-59-110-56-55-108-52-51-106-48-47-104-44-43-102-40-39-100-36-35-98-32-31-96-28-27-94-24-23-92-20-19-90-16-15-88-5/h8-9,61,63,67,69H,6-7,10-60,62H2,1-5H3,(H,78,84)(H,79,85)(H,80,87)(H3,74,76,86)/t67-,69-/m0/s1. The number of nitrogens with two attached hydrogens (primary N) is 1. The minimum Gasteiger partial charge on any atom is -0.449 e. The summed E-state index contributed by atoms with van der Waals surface area (Å²) in [5.41, 5.74) is 15.7. The molecule has 652 valence electrons. The number of anilines is 1. The van der Waals surface area contributed by atoms with Gasteiger partial charge in [-0.25, -0.2) is 9.59 Å². The first kappa shape index (κ1) is 105. The van der Waals surface area contributed by atoms with Gasteiger partial charge in [0.1, 0.15) is 12.1 Å². The number of benzene rings is 1. The number of alkyl carbamates (subject to hydrolysis) is 1. The summed E-state index contributed by atoms with van der Waals surface area (Å²) in [6.45, 7) is 27.0. The van der Waals surface area contributed by atoms with Crippen molar-refractivity contribution in [3.8, 4) is 0 Å². The molecule has 39 nitrogen and oxygen atoms in total. The maximum Gasteiger partial charge on any atom is 0.407 e. The maximum atomic E-state index is 13.7. The monoisotopic (exact) mass is 1620 g/mol. The lowest BCUT2D eigenvalue weighted by Gasteiger charge is -2.25. The number of hydrogen-bond acceptors (Lipinski definition) is 31. The molecule has 0 radical (unpaired) electrons. The molecular weight excluding hydrogens is 1480 g/mol. The molecule has 0 saturated carbocycles. The molecule has 0 saturated heterocycles. The van der Waals surface area contributed by atoms with Crippen molar-refractivity contribution in [2.75, 3.05) is 350 Å². The number of methoxy groups -OCH3 is 1. The molecule has 1 rings (SSSR count). The van der Waals surface area contributed by atoms with E-state index in [0.29, 0.717) is 310 Å². The lowest BCUT2D eigenvalue weighted by atomic mass is 10.0. The molecule has 0 unspecified atom stereocenters. The zero-order valence-corrected chi connectivity index (χ0v) is 67.3. The summed E-state index contributed by atoms with van der Waals surface area (Å²) < 4.78 is 137. The first-order valence-corrected chi connectivity index (χ1v) is 38.6. The van der Waals surface area contributed by atoms with Gasteiger partial charge >= 0.3 is 12.1 Å². The molecule has 0 aliphatic carbocycles. The number of carbonyl (C=O) groups excluding carboxylic acids is 5. The number of nitrogens with zero attached hydrogens (tertiary/aromatic N) is 4. The molecule has 6 amide bonds. The van der Waals surface area contributed by atoms with Gasteiger partial charge in [0, 0.05) is 37.8 Å². The first-order valence-electron chi connectivity index (χ1n) is 38.6. The van der Waals surface area contributed by atoms with Crippen LogP contribution in [0.15, 0.2) is 23.3 Å². The van der Waals surface area contributed by atoms with Gasteiger partial charge in [-0.1, -0.05) is 25.0 Å². The quantitative estimate of drug-likeness (QED) is 0.0270. The highest BCUT2D eigenvalue weighted by Crippen LogP contribution is 2.19. The Morgan fingerprint density at radius 3 is 1.03 bits per heavy atom. The van der Waals surface area contributed by atoms with Crippen LogP contribution < -0.4 is 27.0 Å². The van der Waals surface area contributed by atoms with Gasteiger partial charge in [-0.3, -0.25) is 14.4 Å². The summed E-state index contributed by atoms with van der Waals surface area (Å²) in [6, 6.07) is 2.36. The number of aryl methyl sites for hydroxylation is 1. The van der Waals surface area contributed by atoms with E-state index in [1.165, 1.54) is 0 Å². The van der Waals surface area contributed by atoms with Crippen LogP contribution in [-0.4, -0.2) is 391 Å². The third-order valence-electron chi connectivity index (χ3n) is 14.8. The second kappa shape index (κ2) is 82.1. The minimum absolute atomic E-state index is 0.0868. The van der Waals surface area contributed by atoms with E-state index in [0.717, 1.165) is 11.1 Å². The number of amides is 6. The number of azide groups is 1. The lowest BCUT2D eigenvalue weighted by molar-refractivity contribution is -0.131. The van der Waals surface area contributed by atoms with Gasteiger partial charge in [-0.2, -0.15) is 0 Å². The fraction of sp³-hybridized carbons (Fsp3) is 0.849. The summed E-state index contributed by atoms with van der Waals surface area (Å²) in [7, 11) is 3.32. The molecule has 2 atom stereocenters. The fourth-order valence-corrected chi connectivity index (χ4v) is 8.90. The number of carbonyl (C=O) groups is 5. The molecule has 0 aliphatic rings. The van der Waals surface area contributed by atoms with Crippen LogP contribution >= 0.6 is 0 Å². The molecule has 0 aliphatic heterocycles. The van der Waals surface area contributed by atoms with E-state index in [2.05, 4.69) is 31.3 Å². The van der Waals surface area contributed by atoms with Crippen molar-refractivity contribution in [2.24, 2.45) is 16.8 Å². The van der Waals surface area contributed by atoms with E-state index >= 15 is 0 Å². The van der Waals surface area contributed by atoms with Crippen molar-refractivity contribution < 1.29 is 142 Å². The normalized spacial score (nSPS) is 11.9. The van der Waals surface area contributed by atoms with Crippen LogP contribution in [-0.2, 0) is 139 Å². The topological polar surface area (TPSA) is 442 Å². The maximum absolute atomic E-state index is 13.7. The summed E-state index contributed by atoms with van der Waals surface area (Å²) in [4.78, 5) is 67.9. The minimum atomic E-state index is -1.08. The van der Waals surface area contributed by atoms with Gasteiger partial charge in [0.05, 0.1) is 330 Å². The highest BCUT2D eigenvalue weighted by Gasteiger charge is 2.30. The second-order valence-electron chi connectivity index (χ2n) is 24.2. The Morgan fingerprint density at radius 2 is 0.741 bits per heavy atom. The van der Waals surface area contributed by atoms with Crippen LogP contribution in [0, 0.1) is 12.8 Å². The largest absolute Gasteiger partial charge is 0.449 e. The van der Waals surface area contributed by atoms with Crippen molar-refractivity contribution in [2.45, 2.75) is 58.7 Å². The molecule has 0 heterocycles. The molecule has 0 spiro atoms. The number of nitrogens with one attached hydrogen (secondary N) is 4. The van der Waals surface area contributed by atoms with Crippen LogP contribution in [0.4, 0.5) is 15.3 Å². The van der Waals surface area contributed by atoms with Crippen molar-refractivity contribution in [3.63, 3.8) is 0 Å². The molecule has 39 heteroatoms. The Morgan fingerprint density at radius 1 is 0.438 bits per heavy atom. The smallest absolute Gasteiger partial charge is 0.407 e. The summed E-state index contributed by atoms with van der Waals surface area (Å²) in [6.07, 6.45) is -0.367. The van der Waals surface area contributed by atoms with E-state index in [9.17, 15) is 24.0 Å². The van der Waals surface area contributed by atoms with Crippen molar-refractivity contribution in [1.82, 2.24) is 20.9 Å². The molecule has 1 aromatic rings. The van der Waals surface area contributed by atoms with Crippen molar-refractivity contribution >= 4 is 35.5 Å². The average molecular weight is 1620 g/mol. The molecular formula is C73H135N9O30. The fourth-order valence-electron chi connectivity index (χ4n) is 8.90. The van der Waals surface area contributed by atoms with Crippen molar-refractivity contribution in [1.29, 1.82) is 0 Å². The number of rotatable bonds is 87. The third-order valence-corrected chi connectivity index (χ3v) is 14.8. The van der Waals surface area contributed by atoms with E-state index in [1.54, 1.807) is 51.1 Å². The molecule has 0 aromatic heterocycles. The number of ether oxygens (including phenoxy) is 25.